The number of carbonyl (C=O) groups is 2. The Kier molecular flexibility index (Phi) is 4.76. The summed E-state index contributed by atoms with van der Waals surface area (Å²) in [6.07, 6.45) is 3.86. The predicted octanol–water partition coefficient (Wildman–Crippen LogP) is 3.05. The Hall–Kier alpha value is -1.69. The summed E-state index contributed by atoms with van der Waals surface area (Å²) in [6.45, 7) is 8.50. The summed E-state index contributed by atoms with van der Waals surface area (Å²) in [4.78, 5) is 32.9. The molecule has 0 aliphatic carbocycles. The zero-order valence-electron chi connectivity index (χ0n) is 14.7. The smallest absolute Gasteiger partial charge is 0.343 e. The zero-order valence-corrected chi connectivity index (χ0v) is 15.5. The number of Topliss-reactive ketones (excluding diaryl/α,β-unsaturated/α-hetero) is 1. The van der Waals surface area contributed by atoms with E-state index >= 15 is 0 Å². The molecule has 1 aromatic heterocycles. The van der Waals surface area contributed by atoms with Gasteiger partial charge in [-0.05, 0) is 19.3 Å². The minimum absolute atomic E-state index is 0.0524. The van der Waals surface area contributed by atoms with Gasteiger partial charge in [-0.15, -0.1) is 11.3 Å². The molecule has 0 N–H and O–H groups in total. The molecule has 0 radical (unpaired) electrons. The molecule has 0 aromatic carbocycles. The van der Waals surface area contributed by atoms with Crippen LogP contribution in [-0.2, 0) is 27.2 Å². The molecule has 24 heavy (non-hydrogen) atoms. The van der Waals surface area contributed by atoms with Crippen molar-refractivity contribution in [1.82, 2.24) is 9.88 Å². The van der Waals surface area contributed by atoms with Gasteiger partial charge < -0.3 is 9.64 Å². The molecule has 130 valence electrons. The van der Waals surface area contributed by atoms with Crippen LogP contribution in [0.3, 0.4) is 0 Å². The second-order valence-corrected chi connectivity index (χ2v) is 7.81. The summed E-state index contributed by atoms with van der Waals surface area (Å²) in [7, 11) is 0. The Morgan fingerprint density at radius 3 is 2.79 bits per heavy atom. The molecule has 2 atom stereocenters. The summed E-state index contributed by atoms with van der Waals surface area (Å²) in [6, 6.07) is 0.216. The van der Waals surface area contributed by atoms with E-state index in [1.54, 1.807) is 24.5 Å². The average Bonchev–Trinajstić information content (AvgIpc) is 2.97. The largest absolute Gasteiger partial charge is 0.462 e. The Bertz CT molecular complexity index is 692. The fraction of sp³-hybridized carbons (Fsp3) is 0.611. The number of hydrogen-bond acceptors (Lipinski definition) is 6. The number of esters is 1. The second kappa shape index (κ2) is 6.67. The monoisotopic (exact) mass is 348 g/mol. The van der Waals surface area contributed by atoms with Crippen LogP contribution in [0.25, 0.3) is 0 Å². The number of fused-ring (bicyclic) bond motifs is 3. The molecule has 3 rings (SSSR count). The topological polar surface area (TPSA) is 59.5 Å². The van der Waals surface area contributed by atoms with Crippen molar-refractivity contribution in [3.05, 3.63) is 27.4 Å². The number of hydrogen-bond donors (Lipinski definition) is 0. The van der Waals surface area contributed by atoms with Crippen molar-refractivity contribution in [3.63, 3.8) is 0 Å². The van der Waals surface area contributed by atoms with Crippen molar-refractivity contribution in [2.24, 2.45) is 5.92 Å². The summed E-state index contributed by atoms with van der Waals surface area (Å²) in [5.74, 6) is -0.237. The molecular weight excluding hydrogens is 324 g/mol. The van der Waals surface area contributed by atoms with E-state index in [9.17, 15) is 9.59 Å². The SMILES string of the molecule is CCOC(=O)C1=CN2C(CC1=O)c1nc(CC)sc1CC2C(C)C. The van der Waals surface area contributed by atoms with E-state index in [4.69, 9.17) is 9.72 Å². The standard InChI is InChI=1S/C18H24N2O3S/c1-5-16-19-17-13-7-14(21)11(18(22)23-6-2)9-20(13)12(10(3)4)8-15(17)24-16/h9-10,12-13H,5-8H2,1-4H3. The number of carbonyl (C=O) groups excluding carboxylic acids is 2. The van der Waals surface area contributed by atoms with E-state index in [-0.39, 0.29) is 30.0 Å². The van der Waals surface area contributed by atoms with E-state index in [0.717, 1.165) is 23.5 Å². The number of ketones is 1. The van der Waals surface area contributed by atoms with Crippen LogP contribution in [0.4, 0.5) is 0 Å². The van der Waals surface area contributed by atoms with Gasteiger partial charge in [-0.3, -0.25) is 4.79 Å². The fourth-order valence-corrected chi connectivity index (χ4v) is 4.60. The normalized spacial score (nSPS) is 23.0. The highest BCUT2D eigenvalue weighted by atomic mass is 32.1. The highest BCUT2D eigenvalue weighted by molar-refractivity contribution is 7.11. The minimum Gasteiger partial charge on any atom is -0.462 e. The first kappa shape index (κ1) is 17.1. The number of rotatable bonds is 4. The number of aryl methyl sites for hydroxylation is 1. The highest BCUT2D eigenvalue weighted by Gasteiger charge is 2.42. The van der Waals surface area contributed by atoms with Gasteiger partial charge in [0, 0.05) is 30.0 Å². The van der Waals surface area contributed by atoms with Crippen LogP contribution in [0.5, 0.6) is 0 Å². The Morgan fingerprint density at radius 1 is 1.42 bits per heavy atom. The van der Waals surface area contributed by atoms with Crippen molar-refractivity contribution >= 4 is 23.1 Å². The number of ether oxygens (including phenoxy) is 1. The molecule has 2 aliphatic heterocycles. The van der Waals surface area contributed by atoms with Gasteiger partial charge in [0.05, 0.1) is 23.4 Å². The van der Waals surface area contributed by atoms with Crippen molar-refractivity contribution in [1.29, 1.82) is 0 Å². The van der Waals surface area contributed by atoms with E-state index < -0.39 is 5.97 Å². The van der Waals surface area contributed by atoms with Gasteiger partial charge in [0.15, 0.2) is 5.78 Å². The Labute approximate surface area is 146 Å². The van der Waals surface area contributed by atoms with E-state index in [1.807, 2.05) is 0 Å². The third kappa shape index (κ3) is 2.88. The predicted molar refractivity (Wildman–Crippen MR) is 92.7 cm³/mol. The molecular formula is C18H24N2O3S. The van der Waals surface area contributed by atoms with Crippen molar-refractivity contribution in [2.45, 2.75) is 59.0 Å². The Morgan fingerprint density at radius 2 is 2.17 bits per heavy atom. The van der Waals surface area contributed by atoms with Crippen LogP contribution in [0.2, 0.25) is 0 Å². The molecule has 0 amide bonds. The third-order valence-corrected chi connectivity index (χ3v) is 5.99. The number of nitrogens with zero attached hydrogens (tertiary/aromatic N) is 2. The van der Waals surface area contributed by atoms with Gasteiger partial charge in [-0.25, -0.2) is 9.78 Å². The first-order valence-corrected chi connectivity index (χ1v) is 9.45. The van der Waals surface area contributed by atoms with Crippen LogP contribution < -0.4 is 0 Å². The maximum Gasteiger partial charge on any atom is 0.343 e. The quantitative estimate of drug-likeness (QED) is 0.618. The molecule has 2 unspecified atom stereocenters. The van der Waals surface area contributed by atoms with Crippen molar-refractivity contribution in [2.75, 3.05) is 6.61 Å². The number of thiazole rings is 1. The first-order valence-electron chi connectivity index (χ1n) is 8.64. The van der Waals surface area contributed by atoms with Crippen LogP contribution in [0, 0.1) is 5.92 Å². The average molecular weight is 348 g/mol. The summed E-state index contributed by atoms with van der Waals surface area (Å²) >= 11 is 1.77. The molecule has 6 heteroatoms. The molecule has 0 saturated heterocycles. The molecule has 0 bridgehead atoms. The van der Waals surface area contributed by atoms with Gasteiger partial charge in [-0.2, -0.15) is 0 Å². The van der Waals surface area contributed by atoms with E-state index in [0.29, 0.717) is 12.3 Å². The summed E-state index contributed by atoms with van der Waals surface area (Å²) < 4.78 is 5.05. The van der Waals surface area contributed by atoms with Gasteiger partial charge in [0.2, 0.25) is 0 Å². The molecule has 2 aliphatic rings. The molecule has 0 saturated carbocycles. The molecule has 0 spiro atoms. The van der Waals surface area contributed by atoms with Gasteiger partial charge in [-0.1, -0.05) is 20.8 Å². The summed E-state index contributed by atoms with van der Waals surface area (Å²) in [5.41, 5.74) is 1.20. The van der Waals surface area contributed by atoms with Crippen LogP contribution in [0.1, 0.15) is 55.7 Å². The minimum atomic E-state index is -0.512. The molecule has 0 fully saturated rings. The molecule has 3 heterocycles. The van der Waals surface area contributed by atoms with Crippen LogP contribution >= 0.6 is 11.3 Å². The van der Waals surface area contributed by atoms with Crippen molar-refractivity contribution < 1.29 is 14.3 Å². The fourth-order valence-electron chi connectivity index (χ4n) is 3.49. The van der Waals surface area contributed by atoms with Gasteiger partial charge in [0.1, 0.15) is 5.57 Å². The van der Waals surface area contributed by atoms with Crippen LogP contribution in [0.15, 0.2) is 11.8 Å². The number of aromatic nitrogens is 1. The first-order chi connectivity index (χ1) is 11.5. The van der Waals surface area contributed by atoms with Crippen LogP contribution in [-0.4, -0.2) is 34.3 Å². The maximum atomic E-state index is 12.5. The zero-order chi connectivity index (χ0) is 17.4. The van der Waals surface area contributed by atoms with Gasteiger partial charge >= 0.3 is 5.97 Å². The lowest BCUT2D eigenvalue weighted by Gasteiger charge is -2.44. The Balaban J connectivity index is 2.03. The van der Waals surface area contributed by atoms with Crippen molar-refractivity contribution in [3.8, 4) is 0 Å². The molecule has 1 aromatic rings. The lowest BCUT2D eigenvalue weighted by molar-refractivity contribution is -0.140. The lowest BCUT2D eigenvalue weighted by atomic mass is 9.85. The molecule has 5 nitrogen and oxygen atoms in total. The van der Waals surface area contributed by atoms with E-state index in [2.05, 4.69) is 25.7 Å². The van der Waals surface area contributed by atoms with E-state index in [1.165, 1.54) is 4.88 Å². The van der Waals surface area contributed by atoms with Gasteiger partial charge in [0.25, 0.3) is 0 Å². The maximum absolute atomic E-state index is 12.5. The summed E-state index contributed by atoms with van der Waals surface area (Å²) in [5, 5.41) is 1.12. The second-order valence-electron chi connectivity index (χ2n) is 6.64. The third-order valence-electron chi connectivity index (χ3n) is 4.75. The highest BCUT2D eigenvalue weighted by Crippen LogP contribution is 2.43. The lowest BCUT2D eigenvalue weighted by Crippen LogP contribution is -2.47.